The van der Waals surface area contributed by atoms with E-state index in [1.165, 1.54) is 0 Å². The maximum atomic E-state index is 12.2. The first-order valence-corrected chi connectivity index (χ1v) is 7.18. The van der Waals surface area contributed by atoms with Crippen LogP contribution in [-0.2, 0) is 6.42 Å². The van der Waals surface area contributed by atoms with Crippen LogP contribution in [0.4, 0.5) is 5.69 Å². The molecule has 0 radical (unpaired) electrons. The molecule has 4 heteroatoms. The molecule has 1 aliphatic rings. The zero-order valence-corrected chi connectivity index (χ0v) is 12.1. The molecule has 0 saturated carbocycles. The number of hydrogen-bond acceptors (Lipinski definition) is 4. The highest BCUT2D eigenvalue weighted by Crippen LogP contribution is 2.26. The summed E-state index contributed by atoms with van der Waals surface area (Å²) in [6.07, 6.45) is 0.738. The number of para-hydroxylation sites is 1. The van der Waals surface area contributed by atoms with Gasteiger partial charge >= 0.3 is 0 Å². The second-order valence-electron chi connectivity index (χ2n) is 5.37. The molecule has 2 aromatic rings. The largest absolute Gasteiger partial charge is 0.459 e. The van der Waals surface area contributed by atoms with Crippen LogP contribution in [0.3, 0.4) is 0 Å². The number of fused-ring (bicyclic) bond motifs is 1. The molecular weight excluding hydrogens is 252 g/mol. The fraction of sp³-hybridized carbons (Fsp3) is 0.438. The van der Waals surface area contributed by atoms with Crippen molar-refractivity contribution in [2.75, 3.05) is 38.1 Å². The Balaban J connectivity index is 2.11. The van der Waals surface area contributed by atoms with E-state index < -0.39 is 0 Å². The Hall–Kier alpha value is -1.81. The van der Waals surface area contributed by atoms with Gasteiger partial charge in [-0.1, -0.05) is 13.0 Å². The fourth-order valence-corrected chi connectivity index (χ4v) is 2.68. The highest BCUT2D eigenvalue weighted by Gasteiger charge is 2.18. The van der Waals surface area contributed by atoms with Crippen LogP contribution in [-0.4, -0.2) is 38.1 Å². The van der Waals surface area contributed by atoms with Gasteiger partial charge in [0.25, 0.3) is 0 Å². The lowest BCUT2D eigenvalue weighted by Gasteiger charge is -2.34. The Morgan fingerprint density at radius 2 is 1.95 bits per heavy atom. The van der Waals surface area contributed by atoms with Gasteiger partial charge < -0.3 is 14.2 Å². The molecule has 1 saturated heterocycles. The zero-order valence-electron chi connectivity index (χ0n) is 12.1. The summed E-state index contributed by atoms with van der Waals surface area (Å²) in [5, 5.41) is 0.679. The second kappa shape index (κ2) is 5.29. The van der Waals surface area contributed by atoms with Gasteiger partial charge in [-0.2, -0.15) is 0 Å². The third-order valence-corrected chi connectivity index (χ3v) is 3.98. The SMILES string of the molecule is CCc1cc(=O)c2cccc(N3CCN(C)CC3)c2o1. The van der Waals surface area contributed by atoms with Crippen molar-refractivity contribution in [1.82, 2.24) is 4.90 Å². The van der Waals surface area contributed by atoms with Crippen molar-refractivity contribution < 1.29 is 4.42 Å². The average Bonchev–Trinajstić information content (AvgIpc) is 2.47. The second-order valence-corrected chi connectivity index (χ2v) is 5.37. The molecule has 0 amide bonds. The van der Waals surface area contributed by atoms with Crippen molar-refractivity contribution in [2.24, 2.45) is 0 Å². The number of hydrogen-bond donors (Lipinski definition) is 0. The minimum Gasteiger partial charge on any atom is -0.459 e. The van der Waals surface area contributed by atoms with Crippen LogP contribution >= 0.6 is 0 Å². The lowest BCUT2D eigenvalue weighted by atomic mass is 10.1. The Morgan fingerprint density at radius 1 is 1.20 bits per heavy atom. The molecule has 1 aromatic carbocycles. The normalized spacial score (nSPS) is 16.8. The van der Waals surface area contributed by atoms with E-state index in [0.717, 1.165) is 49.6 Å². The third kappa shape index (κ3) is 2.31. The number of likely N-dealkylation sites (N-methyl/N-ethyl adjacent to an activating group) is 1. The summed E-state index contributed by atoms with van der Waals surface area (Å²) >= 11 is 0. The molecule has 3 rings (SSSR count). The quantitative estimate of drug-likeness (QED) is 0.839. The summed E-state index contributed by atoms with van der Waals surface area (Å²) < 4.78 is 5.95. The van der Waals surface area contributed by atoms with E-state index in [2.05, 4.69) is 22.9 Å². The van der Waals surface area contributed by atoms with E-state index in [9.17, 15) is 4.79 Å². The zero-order chi connectivity index (χ0) is 14.1. The highest BCUT2D eigenvalue weighted by atomic mass is 16.3. The summed E-state index contributed by atoms with van der Waals surface area (Å²) in [5.41, 5.74) is 1.84. The van der Waals surface area contributed by atoms with Gasteiger partial charge in [-0.05, 0) is 19.2 Å². The van der Waals surface area contributed by atoms with Crippen molar-refractivity contribution in [2.45, 2.75) is 13.3 Å². The van der Waals surface area contributed by atoms with Gasteiger partial charge in [0.1, 0.15) is 5.76 Å². The van der Waals surface area contributed by atoms with E-state index in [1.807, 2.05) is 19.1 Å². The highest BCUT2D eigenvalue weighted by molar-refractivity contribution is 5.89. The number of aryl methyl sites for hydroxylation is 1. The van der Waals surface area contributed by atoms with Crippen LogP contribution < -0.4 is 10.3 Å². The maximum Gasteiger partial charge on any atom is 0.193 e. The topological polar surface area (TPSA) is 36.7 Å². The lowest BCUT2D eigenvalue weighted by Crippen LogP contribution is -2.44. The molecule has 0 N–H and O–H groups in total. The van der Waals surface area contributed by atoms with E-state index in [-0.39, 0.29) is 5.43 Å². The Labute approximate surface area is 118 Å². The molecule has 0 spiro atoms. The smallest absolute Gasteiger partial charge is 0.193 e. The molecule has 0 unspecified atom stereocenters. The molecule has 4 nitrogen and oxygen atoms in total. The predicted octanol–water partition coefficient (Wildman–Crippen LogP) is 2.11. The van der Waals surface area contributed by atoms with Gasteiger partial charge in [-0.25, -0.2) is 0 Å². The van der Waals surface area contributed by atoms with Crippen LogP contribution in [0.15, 0.2) is 33.5 Å². The standard InChI is InChI=1S/C16H20N2O2/c1-3-12-11-15(19)13-5-4-6-14(16(13)20-12)18-9-7-17(2)8-10-18/h4-6,11H,3,7-10H2,1-2H3. The summed E-state index contributed by atoms with van der Waals surface area (Å²) in [7, 11) is 2.13. The van der Waals surface area contributed by atoms with Gasteiger partial charge in [0, 0.05) is 38.7 Å². The van der Waals surface area contributed by atoms with Crippen molar-refractivity contribution in [3.05, 3.63) is 40.2 Å². The van der Waals surface area contributed by atoms with E-state index in [0.29, 0.717) is 5.39 Å². The number of nitrogens with zero attached hydrogens (tertiary/aromatic N) is 2. The van der Waals surface area contributed by atoms with Gasteiger partial charge in [0.15, 0.2) is 11.0 Å². The van der Waals surface area contributed by atoms with Gasteiger partial charge in [0.2, 0.25) is 0 Å². The van der Waals surface area contributed by atoms with Crippen molar-refractivity contribution >= 4 is 16.7 Å². The number of benzene rings is 1. The van der Waals surface area contributed by atoms with Gasteiger partial charge in [0.05, 0.1) is 11.1 Å². The lowest BCUT2D eigenvalue weighted by molar-refractivity contribution is 0.312. The monoisotopic (exact) mass is 272 g/mol. The fourth-order valence-electron chi connectivity index (χ4n) is 2.68. The number of piperazine rings is 1. The minimum absolute atomic E-state index is 0.0547. The summed E-state index contributed by atoms with van der Waals surface area (Å²) in [6.45, 7) is 6.01. The summed E-state index contributed by atoms with van der Waals surface area (Å²) in [5.74, 6) is 0.754. The molecule has 1 aliphatic heterocycles. The molecular formula is C16H20N2O2. The van der Waals surface area contributed by atoms with E-state index >= 15 is 0 Å². The van der Waals surface area contributed by atoms with E-state index in [4.69, 9.17) is 4.42 Å². The van der Waals surface area contributed by atoms with Crippen molar-refractivity contribution in [3.8, 4) is 0 Å². The van der Waals surface area contributed by atoms with Crippen molar-refractivity contribution in [1.29, 1.82) is 0 Å². The van der Waals surface area contributed by atoms with Crippen LogP contribution in [0.5, 0.6) is 0 Å². The van der Waals surface area contributed by atoms with Crippen molar-refractivity contribution in [3.63, 3.8) is 0 Å². The Morgan fingerprint density at radius 3 is 2.65 bits per heavy atom. The number of anilines is 1. The first kappa shape index (κ1) is 13.2. The minimum atomic E-state index is 0.0547. The van der Waals surface area contributed by atoms with Gasteiger partial charge in [-0.3, -0.25) is 4.79 Å². The molecule has 0 aliphatic carbocycles. The molecule has 1 fully saturated rings. The Kier molecular flexibility index (Phi) is 3.49. The molecule has 0 atom stereocenters. The predicted molar refractivity (Wildman–Crippen MR) is 81.6 cm³/mol. The van der Waals surface area contributed by atoms with Crippen LogP contribution in [0, 0.1) is 0 Å². The Bertz CT molecular complexity index is 670. The molecule has 106 valence electrons. The van der Waals surface area contributed by atoms with Gasteiger partial charge in [-0.15, -0.1) is 0 Å². The summed E-state index contributed by atoms with van der Waals surface area (Å²) in [6, 6.07) is 7.45. The third-order valence-electron chi connectivity index (χ3n) is 3.98. The molecule has 0 bridgehead atoms. The van der Waals surface area contributed by atoms with Crippen LogP contribution in [0.1, 0.15) is 12.7 Å². The molecule has 2 heterocycles. The van der Waals surface area contributed by atoms with E-state index in [1.54, 1.807) is 6.07 Å². The average molecular weight is 272 g/mol. The molecule has 1 aromatic heterocycles. The first-order chi connectivity index (χ1) is 9.69. The maximum absolute atomic E-state index is 12.2. The molecule has 20 heavy (non-hydrogen) atoms. The number of rotatable bonds is 2. The van der Waals surface area contributed by atoms with Crippen LogP contribution in [0.2, 0.25) is 0 Å². The summed E-state index contributed by atoms with van der Waals surface area (Å²) in [4.78, 5) is 16.8. The van der Waals surface area contributed by atoms with Crippen LogP contribution in [0.25, 0.3) is 11.0 Å². The first-order valence-electron chi connectivity index (χ1n) is 7.18.